The lowest BCUT2D eigenvalue weighted by Crippen LogP contribution is -2.13. The largest absolute Gasteiger partial charge is 0.508 e. The Balaban J connectivity index is 1.97. The third-order valence-electron chi connectivity index (χ3n) is 2.06. The van der Waals surface area contributed by atoms with Crippen LogP contribution in [0.4, 0.5) is 5.69 Å². The quantitative estimate of drug-likeness (QED) is 0.725. The smallest absolute Gasteiger partial charge is 0.228 e. The zero-order chi connectivity index (χ0) is 11.4. The molecule has 5 heteroatoms. The second-order valence-corrected chi connectivity index (χ2v) is 3.38. The second-order valence-electron chi connectivity index (χ2n) is 3.38. The van der Waals surface area contributed by atoms with E-state index in [0.717, 1.165) is 5.56 Å². The highest BCUT2D eigenvalue weighted by atomic mass is 16.3. The van der Waals surface area contributed by atoms with E-state index >= 15 is 0 Å². The summed E-state index contributed by atoms with van der Waals surface area (Å²) in [6.07, 6.45) is 3.35. The number of carbonyl (C=O) groups is 1. The number of aromatic amines is 1. The number of carbonyl (C=O) groups excluding carboxylic acids is 1. The third-order valence-corrected chi connectivity index (χ3v) is 2.06. The number of amides is 1. The molecule has 2 aromatic rings. The average Bonchev–Trinajstić information content (AvgIpc) is 2.70. The van der Waals surface area contributed by atoms with E-state index in [1.54, 1.807) is 30.5 Å². The Bertz CT molecular complexity index is 480. The number of anilines is 1. The Morgan fingerprint density at radius 1 is 1.50 bits per heavy atom. The van der Waals surface area contributed by atoms with Crippen molar-refractivity contribution in [2.24, 2.45) is 0 Å². The van der Waals surface area contributed by atoms with Crippen molar-refractivity contribution >= 4 is 11.6 Å². The van der Waals surface area contributed by atoms with Crippen molar-refractivity contribution in [3.8, 4) is 5.75 Å². The summed E-state index contributed by atoms with van der Waals surface area (Å²) < 4.78 is 0. The van der Waals surface area contributed by atoms with Crippen molar-refractivity contribution in [2.75, 3.05) is 5.32 Å². The highest BCUT2D eigenvalue weighted by Crippen LogP contribution is 2.12. The first kappa shape index (κ1) is 10.2. The van der Waals surface area contributed by atoms with Crippen molar-refractivity contribution in [1.82, 2.24) is 10.2 Å². The fourth-order valence-corrected chi connectivity index (χ4v) is 1.38. The lowest BCUT2D eigenvalue weighted by atomic mass is 10.1. The van der Waals surface area contributed by atoms with E-state index in [1.165, 1.54) is 6.20 Å². The molecule has 0 saturated heterocycles. The van der Waals surface area contributed by atoms with Crippen LogP contribution in [-0.2, 0) is 11.2 Å². The molecular weight excluding hydrogens is 206 g/mol. The number of phenols is 1. The molecule has 16 heavy (non-hydrogen) atoms. The van der Waals surface area contributed by atoms with Crippen LogP contribution in [0.15, 0.2) is 36.7 Å². The van der Waals surface area contributed by atoms with Gasteiger partial charge in [-0.1, -0.05) is 12.1 Å². The minimum Gasteiger partial charge on any atom is -0.508 e. The van der Waals surface area contributed by atoms with Crippen molar-refractivity contribution in [3.63, 3.8) is 0 Å². The maximum absolute atomic E-state index is 11.6. The van der Waals surface area contributed by atoms with Crippen molar-refractivity contribution in [2.45, 2.75) is 6.42 Å². The molecule has 0 fully saturated rings. The summed E-state index contributed by atoms with van der Waals surface area (Å²) in [5, 5.41) is 18.2. The summed E-state index contributed by atoms with van der Waals surface area (Å²) in [5.74, 6) is 0.0145. The van der Waals surface area contributed by atoms with E-state index in [1.807, 2.05) is 0 Å². The number of phenolic OH excluding ortho intramolecular Hbond substituents is 1. The number of hydrogen-bond donors (Lipinski definition) is 3. The summed E-state index contributed by atoms with van der Waals surface area (Å²) in [6, 6.07) is 6.62. The summed E-state index contributed by atoms with van der Waals surface area (Å²) in [7, 11) is 0. The van der Waals surface area contributed by atoms with Gasteiger partial charge in [-0.2, -0.15) is 5.10 Å². The molecule has 0 atom stereocenters. The molecule has 3 N–H and O–H groups in total. The fourth-order valence-electron chi connectivity index (χ4n) is 1.38. The van der Waals surface area contributed by atoms with Crippen LogP contribution in [0.1, 0.15) is 5.56 Å². The van der Waals surface area contributed by atoms with Crippen LogP contribution < -0.4 is 5.32 Å². The molecular formula is C11H11N3O2. The van der Waals surface area contributed by atoms with E-state index in [0.29, 0.717) is 5.69 Å². The number of nitrogens with zero attached hydrogens (tertiary/aromatic N) is 1. The van der Waals surface area contributed by atoms with Gasteiger partial charge in [0.1, 0.15) is 5.75 Å². The zero-order valence-electron chi connectivity index (χ0n) is 8.47. The third kappa shape index (κ3) is 2.60. The summed E-state index contributed by atoms with van der Waals surface area (Å²) in [4.78, 5) is 11.6. The molecule has 82 valence electrons. The van der Waals surface area contributed by atoms with Crippen LogP contribution in [-0.4, -0.2) is 21.2 Å². The molecule has 0 aliphatic heterocycles. The molecule has 0 aliphatic rings. The maximum Gasteiger partial charge on any atom is 0.228 e. The Morgan fingerprint density at radius 3 is 3.06 bits per heavy atom. The van der Waals surface area contributed by atoms with E-state index < -0.39 is 0 Å². The maximum atomic E-state index is 11.6. The van der Waals surface area contributed by atoms with Crippen molar-refractivity contribution < 1.29 is 9.90 Å². The van der Waals surface area contributed by atoms with E-state index in [2.05, 4.69) is 15.5 Å². The molecule has 1 amide bonds. The van der Waals surface area contributed by atoms with Crippen LogP contribution in [0.3, 0.4) is 0 Å². The molecule has 1 heterocycles. The SMILES string of the molecule is O=C(Cc1cccc(O)c1)Nc1cn[nH]c1. The highest BCUT2D eigenvalue weighted by Gasteiger charge is 2.04. The van der Waals surface area contributed by atoms with Gasteiger partial charge in [0.2, 0.25) is 5.91 Å². The highest BCUT2D eigenvalue weighted by molar-refractivity contribution is 5.91. The van der Waals surface area contributed by atoms with Crippen molar-refractivity contribution in [3.05, 3.63) is 42.2 Å². The summed E-state index contributed by atoms with van der Waals surface area (Å²) in [6.45, 7) is 0. The van der Waals surface area contributed by atoms with E-state index in [9.17, 15) is 9.90 Å². The molecule has 1 aromatic carbocycles. The number of nitrogens with one attached hydrogen (secondary N) is 2. The van der Waals surface area contributed by atoms with Gasteiger partial charge in [-0.05, 0) is 17.7 Å². The van der Waals surface area contributed by atoms with E-state index in [4.69, 9.17) is 0 Å². The van der Waals surface area contributed by atoms with Crippen LogP contribution in [0.25, 0.3) is 0 Å². The molecule has 0 radical (unpaired) electrons. The molecule has 2 rings (SSSR count). The van der Waals surface area contributed by atoms with Gasteiger partial charge in [0.15, 0.2) is 0 Å². The van der Waals surface area contributed by atoms with Crippen LogP contribution >= 0.6 is 0 Å². The van der Waals surface area contributed by atoms with Gasteiger partial charge in [-0.15, -0.1) is 0 Å². The Kier molecular flexibility index (Phi) is 2.86. The molecule has 0 saturated carbocycles. The molecule has 5 nitrogen and oxygen atoms in total. The van der Waals surface area contributed by atoms with Crippen molar-refractivity contribution in [1.29, 1.82) is 0 Å². The van der Waals surface area contributed by atoms with Gasteiger partial charge < -0.3 is 10.4 Å². The fraction of sp³-hybridized carbons (Fsp3) is 0.0909. The molecule has 0 aliphatic carbocycles. The molecule has 0 bridgehead atoms. The second kappa shape index (κ2) is 4.48. The number of H-pyrrole nitrogens is 1. The number of rotatable bonds is 3. The van der Waals surface area contributed by atoms with Crippen LogP contribution in [0.2, 0.25) is 0 Å². The Labute approximate surface area is 92.1 Å². The van der Waals surface area contributed by atoms with Gasteiger partial charge in [0.05, 0.1) is 18.3 Å². The minimum absolute atomic E-state index is 0.146. The minimum atomic E-state index is -0.146. The lowest BCUT2D eigenvalue weighted by molar-refractivity contribution is -0.115. The topological polar surface area (TPSA) is 78.0 Å². The van der Waals surface area contributed by atoms with E-state index in [-0.39, 0.29) is 18.1 Å². The standard InChI is InChI=1S/C11H11N3O2/c15-10-3-1-2-8(4-10)5-11(16)14-9-6-12-13-7-9/h1-4,6-7,15H,5H2,(H,12,13)(H,14,16). The number of hydrogen-bond acceptors (Lipinski definition) is 3. The Hall–Kier alpha value is -2.30. The first-order valence-corrected chi connectivity index (χ1v) is 4.80. The Morgan fingerprint density at radius 2 is 2.38 bits per heavy atom. The van der Waals surface area contributed by atoms with Gasteiger partial charge in [0.25, 0.3) is 0 Å². The monoisotopic (exact) mass is 217 g/mol. The lowest BCUT2D eigenvalue weighted by Gasteiger charge is -2.02. The summed E-state index contributed by atoms with van der Waals surface area (Å²) in [5.41, 5.74) is 1.39. The predicted molar refractivity (Wildman–Crippen MR) is 59.0 cm³/mol. The first-order chi connectivity index (χ1) is 7.74. The average molecular weight is 217 g/mol. The van der Waals surface area contributed by atoms with Crippen LogP contribution in [0, 0.1) is 0 Å². The van der Waals surface area contributed by atoms with Gasteiger partial charge in [-0.25, -0.2) is 0 Å². The molecule has 0 spiro atoms. The normalized spacial score (nSPS) is 10.0. The number of aromatic hydroxyl groups is 1. The predicted octanol–water partition coefficient (Wildman–Crippen LogP) is 1.30. The van der Waals surface area contributed by atoms with Gasteiger partial charge in [0, 0.05) is 6.20 Å². The van der Waals surface area contributed by atoms with Gasteiger partial charge >= 0.3 is 0 Å². The van der Waals surface area contributed by atoms with Gasteiger partial charge in [-0.3, -0.25) is 9.89 Å². The number of aromatic nitrogens is 2. The number of benzene rings is 1. The molecule has 0 unspecified atom stereocenters. The first-order valence-electron chi connectivity index (χ1n) is 4.80. The van der Waals surface area contributed by atoms with Crippen LogP contribution in [0.5, 0.6) is 5.75 Å². The zero-order valence-corrected chi connectivity index (χ0v) is 8.47. The summed E-state index contributed by atoms with van der Waals surface area (Å²) >= 11 is 0. The molecule has 1 aromatic heterocycles.